The molecule has 1 saturated heterocycles. The van der Waals surface area contributed by atoms with Crippen LogP contribution in [-0.2, 0) is 0 Å². The number of fused-ring (bicyclic) bond motifs is 1. The van der Waals surface area contributed by atoms with Crippen LogP contribution in [0, 0.1) is 17.1 Å². The number of amides is 1. The van der Waals surface area contributed by atoms with Crippen LogP contribution in [0.2, 0.25) is 0 Å². The summed E-state index contributed by atoms with van der Waals surface area (Å²) in [6.07, 6.45) is 2.23. The number of nitrogens with one attached hydrogen (secondary N) is 2. The summed E-state index contributed by atoms with van der Waals surface area (Å²) in [4.78, 5) is 25.4. The summed E-state index contributed by atoms with van der Waals surface area (Å²) in [5, 5.41) is 29.5. The Kier molecular flexibility index (Phi) is 5.73. The SMILES string of the molecule is CN1CCN(c2cc(N(C)C(=O)O)cc(Nc3nc(NC4CC4)c4ncc(C#N)n4n3)c2F)CC1. The van der Waals surface area contributed by atoms with Gasteiger partial charge in [0.25, 0.3) is 0 Å². The number of imidazole rings is 1. The molecule has 3 N–H and O–H groups in total. The van der Waals surface area contributed by atoms with Crippen LogP contribution in [0.3, 0.4) is 0 Å². The molecule has 1 saturated carbocycles. The number of piperazine rings is 1. The summed E-state index contributed by atoms with van der Waals surface area (Å²) in [5.41, 5.74) is 1.23. The minimum atomic E-state index is -1.17. The maximum absolute atomic E-state index is 15.8. The van der Waals surface area contributed by atoms with Gasteiger partial charge in [0.1, 0.15) is 6.07 Å². The highest BCUT2D eigenvalue weighted by molar-refractivity contribution is 5.88. The Bertz CT molecular complexity index is 1320. The van der Waals surface area contributed by atoms with Crippen molar-refractivity contribution in [1.29, 1.82) is 5.26 Å². The lowest BCUT2D eigenvalue weighted by atomic mass is 10.1. The van der Waals surface area contributed by atoms with E-state index in [1.54, 1.807) is 0 Å². The number of nitrogens with zero attached hydrogens (tertiary/aromatic N) is 8. The molecular formula is C22H25FN10O2. The average Bonchev–Trinajstić information content (AvgIpc) is 3.56. The molecule has 5 rings (SSSR count). The summed E-state index contributed by atoms with van der Waals surface area (Å²) in [7, 11) is 3.40. The number of hydrogen-bond donors (Lipinski definition) is 3. The van der Waals surface area contributed by atoms with Gasteiger partial charge in [-0.05, 0) is 32.0 Å². The van der Waals surface area contributed by atoms with Gasteiger partial charge in [-0.2, -0.15) is 14.8 Å². The maximum atomic E-state index is 15.8. The Morgan fingerprint density at radius 2 is 2.03 bits per heavy atom. The van der Waals surface area contributed by atoms with Crippen molar-refractivity contribution in [3.63, 3.8) is 0 Å². The van der Waals surface area contributed by atoms with Crippen LogP contribution in [-0.4, -0.2) is 82.0 Å². The summed E-state index contributed by atoms with van der Waals surface area (Å²) in [6, 6.07) is 5.24. The van der Waals surface area contributed by atoms with E-state index in [0.29, 0.717) is 35.9 Å². The van der Waals surface area contributed by atoms with Crippen molar-refractivity contribution in [2.75, 3.05) is 60.7 Å². The lowest BCUT2D eigenvalue weighted by molar-refractivity contribution is 0.203. The predicted octanol–water partition coefficient (Wildman–Crippen LogP) is 2.32. The van der Waals surface area contributed by atoms with E-state index in [1.807, 2.05) is 18.0 Å². The van der Waals surface area contributed by atoms with Gasteiger partial charge in [0.05, 0.1) is 23.3 Å². The molecule has 13 heteroatoms. The predicted molar refractivity (Wildman–Crippen MR) is 128 cm³/mol. The number of likely N-dealkylation sites (N-methyl/N-ethyl adjacent to an activating group) is 1. The van der Waals surface area contributed by atoms with E-state index in [2.05, 4.69) is 30.6 Å². The van der Waals surface area contributed by atoms with E-state index >= 15 is 4.39 Å². The Balaban J connectivity index is 1.57. The van der Waals surface area contributed by atoms with E-state index in [9.17, 15) is 15.2 Å². The number of halogens is 1. The van der Waals surface area contributed by atoms with Crippen molar-refractivity contribution >= 4 is 40.6 Å². The second-order valence-electron chi connectivity index (χ2n) is 8.78. The van der Waals surface area contributed by atoms with Crippen molar-refractivity contribution < 1.29 is 14.3 Å². The van der Waals surface area contributed by atoms with Crippen molar-refractivity contribution in [1.82, 2.24) is 24.5 Å². The summed E-state index contributed by atoms with van der Waals surface area (Å²) in [5.74, 6) is -0.0536. The van der Waals surface area contributed by atoms with Crippen molar-refractivity contribution in [3.8, 4) is 6.07 Å². The molecule has 0 spiro atoms. The Morgan fingerprint density at radius 3 is 2.69 bits per heavy atom. The number of nitriles is 1. The van der Waals surface area contributed by atoms with Crippen LogP contribution in [0.4, 0.5) is 38.0 Å². The summed E-state index contributed by atoms with van der Waals surface area (Å²) >= 11 is 0. The van der Waals surface area contributed by atoms with Gasteiger partial charge in [-0.3, -0.25) is 4.90 Å². The van der Waals surface area contributed by atoms with Crippen LogP contribution in [0.5, 0.6) is 0 Å². The lowest BCUT2D eigenvalue weighted by Crippen LogP contribution is -2.45. The zero-order valence-electron chi connectivity index (χ0n) is 19.4. The van der Waals surface area contributed by atoms with E-state index < -0.39 is 11.9 Å². The second-order valence-corrected chi connectivity index (χ2v) is 8.78. The molecule has 1 aliphatic carbocycles. The second kappa shape index (κ2) is 8.88. The first-order valence-corrected chi connectivity index (χ1v) is 11.3. The third-order valence-corrected chi connectivity index (χ3v) is 6.20. The van der Waals surface area contributed by atoms with Crippen LogP contribution in [0.25, 0.3) is 5.65 Å². The van der Waals surface area contributed by atoms with Gasteiger partial charge in [-0.1, -0.05) is 0 Å². The minimum Gasteiger partial charge on any atom is -0.465 e. The third-order valence-electron chi connectivity index (χ3n) is 6.20. The first kappa shape index (κ1) is 22.6. The fourth-order valence-corrected chi connectivity index (χ4v) is 3.92. The quantitative estimate of drug-likeness (QED) is 0.482. The van der Waals surface area contributed by atoms with Gasteiger partial charge >= 0.3 is 6.09 Å². The topological polar surface area (TPSA) is 138 Å². The van der Waals surface area contributed by atoms with Gasteiger partial charge < -0.3 is 25.5 Å². The van der Waals surface area contributed by atoms with E-state index in [0.717, 1.165) is 30.8 Å². The molecule has 2 aliphatic rings. The van der Waals surface area contributed by atoms with Gasteiger partial charge in [-0.15, -0.1) is 5.10 Å². The molecule has 1 aromatic carbocycles. The zero-order chi connectivity index (χ0) is 24.7. The third kappa shape index (κ3) is 4.47. The van der Waals surface area contributed by atoms with Crippen LogP contribution in [0.1, 0.15) is 18.5 Å². The molecule has 0 bridgehead atoms. The number of aromatic nitrogens is 4. The minimum absolute atomic E-state index is 0.0277. The number of anilines is 5. The number of carbonyl (C=O) groups is 1. The van der Waals surface area contributed by atoms with Crippen LogP contribution in [0.15, 0.2) is 18.3 Å². The molecule has 2 fully saturated rings. The number of rotatable bonds is 6. The molecule has 3 aromatic rings. The molecule has 2 aromatic heterocycles. The Hall–Kier alpha value is -4.18. The van der Waals surface area contributed by atoms with Gasteiger partial charge in [0, 0.05) is 39.3 Å². The van der Waals surface area contributed by atoms with Gasteiger partial charge in [0.2, 0.25) is 5.95 Å². The standard InChI is InChI=1S/C22H25FN10O2/c1-30-5-7-32(8-6-30)17-10-14(31(2)22(34)35)9-16(18(17)23)27-21-28-19(26-13-3-4-13)20-25-12-15(11-24)33(20)29-21/h9-10,12-13H,3-8H2,1-2H3,(H,34,35)(H2,26,27,28,29). The number of hydrogen-bond acceptors (Lipinski definition) is 9. The maximum Gasteiger partial charge on any atom is 0.411 e. The molecule has 182 valence electrons. The highest BCUT2D eigenvalue weighted by Crippen LogP contribution is 2.34. The number of benzene rings is 1. The van der Waals surface area contributed by atoms with Crippen molar-refractivity contribution in [2.45, 2.75) is 18.9 Å². The summed E-state index contributed by atoms with van der Waals surface area (Å²) < 4.78 is 17.1. The van der Waals surface area contributed by atoms with Crippen LogP contribution < -0.4 is 20.4 Å². The molecule has 35 heavy (non-hydrogen) atoms. The lowest BCUT2D eigenvalue weighted by Gasteiger charge is -2.35. The first-order chi connectivity index (χ1) is 16.8. The molecule has 0 radical (unpaired) electrons. The summed E-state index contributed by atoms with van der Waals surface area (Å²) in [6.45, 7) is 2.72. The Labute approximate surface area is 200 Å². The fourth-order valence-electron chi connectivity index (χ4n) is 3.92. The van der Waals surface area contributed by atoms with E-state index in [-0.39, 0.29) is 23.4 Å². The monoisotopic (exact) mass is 480 g/mol. The largest absolute Gasteiger partial charge is 0.465 e. The molecule has 3 heterocycles. The van der Waals surface area contributed by atoms with Gasteiger partial charge in [0.15, 0.2) is 23.0 Å². The number of carboxylic acid groups (broad SMARTS) is 1. The zero-order valence-corrected chi connectivity index (χ0v) is 19.4. The highest BCUT2D eigenvalue weighted by atomic mass is 19.1. The molecule has 0 atom stereocenters. The average molecular weight is 481 g/mol. The smallest absolute Gasteiger partial charge is 0.411 e. The first-order valence-electron chi connectivity index (χ1n) is 11.3. The van der Waals surface area contributed by atoms with Crippen molar-refractivity contribution in [3.05, 3.63) is 29.8 Å². The highest BCUT2D eigenvalue weighted by Gasteiger charge is 2.26. The molecule has 0 unspecified atom stereocenters. The van der Waals surface area contributed by atoms with E-state index in [4.69, 9.17) is 0 Å². The molecular weight excluding hydrogens is 455 g/mol. The molecule has 1 amide bonds. The van der Waals surface area contributed by atoms with Gasteiger partial charge in [-0.25, -0.2) is 14.2 Å². The molecule has 1 aliphatic heterocycles. The molecule has 12 nitrogen and oxygen atoms in total. The fraction of sp³-hybridized carbons (Fsp3) is 0.409. The van der Waals surface area contributed by atoms with E-state index in [1.165, 1.54) is 29.9 Å². The normalized spacial score (nSPS) is 16.2. The van der Waals surface area contributed by atoms with Crippen LogP contribution >= 0.6 is 0 Å². The van der Waals surface area contributed by atoms with Crippen molar-refractivity contribution in [2.24, 2.45) is 0 Å². The Morgan fingerprint density at radius 1 is 1.29 bits per heavy atom.